The molecule has 1 heterocycles. The van der Waals surface area contributed by atoms with Crippen molar-refractivity contribution in [2.45, 2.75) is 78.4 Å². The molecule has 22 heavy (non-hydrogen) atoms. The number of Topliss-reactive ketones (excluding diaryl/α,β-unsaturated/α-hetero) is 1. The summed E-state index contributed by atoms with van der Waals surface area (Å²) in [6, 6.07) is 0. The Morgan fingerprint density at radius 2 is 2.09 bits per heavy atom. The van der Waals surface area contributed by atoms with Gasteiger partial charge in [0.2, 0.25) is 0 Å². The molecule has 2 aliphatic rings. The second kappa shape index (κ2) is 6.70. The van der Waals surface area contributed by atoms with E-state index in [1.54, 1.807) is 0 Å². The van der Waals surface area contributed by atoms with Gasteiger partial charge in [0.05, 0.1) is 17.6 Å². The Balaban J connectivity index is 2.26. The summed E-state index contributed by atoms with van der Waals surface area (Å²) in [6.07, 6.45) is 7.51. The maximum atomic E-state index is 12.7. The fraction of sp³-hybridized carbons (Fsp3) is 0.750. The predicted molar refractivity (Wildman–Crippen MR) is 91.8 cm³/mol. The molecule has 0 N–H and O–H groups in total. The Bertz CT molecular complexity index is 474. The normalized spacial score (nSPS) is 39.3. The van der Waals surface area contributed by atoms with E-state index in [1.807, 2.05) is 6.92 Å². The van der Waals surface area contributed by atoms with Crippen molar-refractivity contribution < 1.29 is 9.53 Å². The number of ether oxygens (including phenoxy) is 1. The van der Waals surface area contributed by atoms with Crippen LogP contribution in [0.2, 0.25) is 0 Å². The highest BCUT2D eigenvalue weighted by Crippen LogP contribution is 2.45. The van der Waals surface area contributed by atoms with Gasteiger partial charge in [-0.3, -0.25) is 4.79 Å². The van der Waals surface area contributed by atoms with Gasteiger partial charge in [-0.1, -0.05) is 44.6 Å². The first-order chi connectivity index (χ1) is 10.2. The third-order valence-electron chi connectivity index (χ3n) is 5.42. The molecule has 2 heteroatoms. The highest BCUT2D eigenvalue weighted by molar-refractivity contribution is 5.85. The van der Waals surface area contributed by atoms with E-state index in [1.165, 1.54) is 5.57 Å². The van der Waals surface area contributed by atoms with Crippen molar-refractivity contribution in [2.24, 2.45) is 17.8 Å². The van der Waals surface area contributed by atoms with Gasteiger partial charge in [-0.05, 0) is 51.4 Å². The summed E-state index contributed by atoms with van der Waals surface area (Å²) in [5, 5.41) is 0. The fourth-order valence-corrected chi connectivity index (χ4v) is 3.56. The Morgan fingerprint density at radius 3 is 2.68 bits per heavy atom. The van der Waals surface area contributed by atoms with E-state index in [0.29, 0.717) is 30.1 Å². The zero-order valence-corrected chi connectivity index (χ0v) is 14.9. The minimum Gasteiger partial charge on any atom is -0.366 e. The van der Waals surface area contributed by atoms with Crippen molar-refractivity contribution in [3.63, 3.8) is 0 Å². The zero-order valence-electron chi connectivity index (χ0n) is 14.9. The fourth-order valence-electron chi connectivity index (χ4n) is 3.56. The molecule has 1 fully saturated rings. The molecule has 1 aliphatic carbocycles. The summed E-state index contributed by atoms with van der Waals surface area (Å²) in [5.74, 6) is 1.12. The van der Waals surface area contributed by atoms with Crippen LogP contribution in [-0.4, -0.2) is 17.5 Å². The van der Waals surface area contributed by atoms with Gasteiger partial charge in [-0.25, -0.2) is 0 Å². The van der Waals surface area contributed by atoms with E-state index in [0.717, 1.165) is 31.3 Å². The highest BCUT2D eigenvalue weighted by Gasteiger charge is 2.51. The smallest absolute Gasteiger partial charge is 0.144 e. The number of carbonyl (C=O) groups is 1. The molecule has 0 unspecified atom stereocenters. The molecule has 0 saturated carbocycles. The minimum atomic E-state index is -0.108. The van der Waals surface area contributed by atoms with Gasteiger partial charge in [0.15, 0.2) is 0 Å². The molecule has 124 valence electrons. The number of allylic oxidation sites excluding steroid dienone is 3. The Labute approximate surface area is 136 Å². The van der Waals surface area contributed by atoms with E-state index in [-0.39, 0.29) is 11.5 Å². The lowest BCUT2D eigenvalue weighted by Gasteiger charge is -2.21. The Hall–Kier alpha value is -0.890. The number of carbonyl (C=O) groups excluding carboxylic acids is 1. The summed E-state index contributed by atoms with van der Waals surface area (Å²) >= 11 is 0. The minimum absolute atomic E-state index is 0.0651. The van der Waals surface area contributed by atoms with Crippen molar-refractivity contribution >= 4 is 5.78 Å². The van der Waals surface area contributed by atoms with Crippen LogP contribution in [0, 0.1) is 17.8 Å². The topological polar surface area (TPSA) is 29.6 Å². The van der Waals surface area contributed by atoms with Gasteiger partial charge in [-0.2, -0.15) is 0 Å². The van der Waals surface area contributed by atoms with Crippen molar-refractivity contribution in [1.29, 1.82) is 0 Å². The van der Waals surface area contributed by atoms with Crippen LogP contribution in [0.3, 0.4) is 0 Å². The predicted octanol–water partition coefficient (Wildman–Crippen LogP) is 5.09. The zero-order chi connectivity index (χ0) is 16.5. The molecule has 0 aromatic carbocycles. The third kappa shape index (κ3) is 4.10. The molecule has 4 atom stereocenters. The standard InChI is InChI=1S/C20H32O2/c1-13(2)16-9-10-20(6)19(22-20)8-7-15(5)11-18(21)17(12-16)14(3)4/h12-13,15,17,19H,3,7-11H2,1-2,4-6H3/b16-12-/t15-,17-,19-,20-/m0/s1. The average molecular weight is 304 g/mol. The number of ketones is 1. The molecular formula is C20H32O2. The van der Waals surface area contributed by atoms with Gasteiger partial charge < -0.3 is 4.74 Å². The van der Waals surface area contributed by atoms with Crippen LogP contribution < -0.4 is 0 Å². The number of fused-ring (bicyclic) bond motifs is 1. The monoisotopic (exact) mass is 304 g/mol. The highest BCUT2D eigenvalue weighted by atomic mass is 16.6. The largest absolute Gasteiger partial charge is 0.366 e. The Morgan fingerprint density at radius 1 is 1.41 bits per heavy atom. The maximum Gasteiger partial charge on any atom is 0.144 e. The third-order valence-corrected chi connectivity index (χ3v) is 5.42. The molecule has 2 rings (SSSR count). The van der Waals surface area contributed by atoms with Crippen molar-refractivity contribution in [2.75, 3.05) is 0 Å². The van der Waals surface area contributed by atoms with Crippen LogP contribution in [0.4, 0.5) is 0 Å². The number of hydrogen-bond acceptors (Lipinski definition) is 2. The molecular weight excluding hydrogens is 272 g/mol. The van der Waals surface area contributed by atoms with Gasteiger partial charge in [-0.15, -0.1) is 0 Å². The summed E-state index contributed by atoms with van der Waals surface area (Å²) in [4.78, 5) is 12.7. The van der Waals surface area contributed by atoms with Crippen molar-refractivity contribution in [1.82, 2.24) is 0 Å². The van der Waals surface area contributed by atoms with Gasteiger partial charge in [0.25, 0.3) is 0 Å². The summed E-state index contributed by atoms with van der Waals surface area (Å²) in [6.45, 7) is 14.9. The molecule has 1 saturated heterocycles. The first-order valence-electron chi connectivity index (χ1n) is 8.79. The molecule has 0 aromatic heterocycles. The number of hydrogen-bond donors (Lipinski definition) is 0. The summed E-state index contributed by atoms with van der Waals surface area (Å²) in [7, 11) is 0. The first kappa shape index (κ1) is 17.5. The summed E-state index contributed by atoms with van der Waals surface area (Å²) in [5.41, 5.74) is 2.42. The Kier molecular flexibility index (Phi) is 5.32. The SMILES string of the molecule is C=C(C)[C@@H]1/C=C(\C(C)C)CC[C@]2(C)O[C@H]2CC[C@H](C)CC1=O. The lowest BCUT2D eigenvalue weighted by Crippen LogP contribution is -2.20. The van der Waals surface area contributed by atoms with Crippen LogP contribution >= 0.6 is 0 Å². The molecule has 0 amide bonds. The molecule has 0 radical (unpaired) electrons. The molecule has 0 bridgehead atoms. The molecule has 0 spiro atoms. The van der Waals surface area contributed by atoms with E-state index in [4.69, 9.17) is 4.74 Å². The van der Waals surface area contributed by atoms with Crippen LogP contribution in [0.1, 0.15) is 66.7 Å². The molecule has 2 nitrogen and oxygen atoms in total. The lowest BCUT2D eigenvalue weighted by molar-refractivity contribution is -0.121. The van der Waals surface area contributed by atoms with Crippen LogP contribution in [0.5, 0.6) is 0 Å². The van der Waals surface area contributed by atoms with Crippen LogP contribution in [0.25, 0.3) is 0 Å². The van der Waals surface area contributed by atoms with Crippen LogP contribution in [-0.2, 0) is 9.53 Å². The molecule has 1 aliphatic heterocycles. The second-order valence-corrected chi connectivity index (χ2v) is 7.99. The quantitative estimate of drug-likeness (QED) is 0.525. The number of rotatable bonds is 2. The van der Waals surface area contributed by atoms with Crippen molar-refractivity contribution in [3.8, 4) is 0 Å². The first-order valence-corrected chi connectivity index (χ1v) is 8.79. The van der Waals surface area contributed by atoms with E-state index in [2.05, 4.69) is 40.3 Å². The number of epoxide rings is 1. The van der Waals surface area contributed by atoms with E-state index < -0.39 is 0 Å². The van der Waals surface area contributed by atoms with Gasteiger partial charge >= 0.3 is 0 Å². The molecule has 0 aromatic rings. The van der Waals surface area contributed by atoms with E-state index >= 15 is 0 Å². The van der Waals surface area contributed by atoms with Crippen molar-refractivity contribution in [3.05, 3.63) is 23.8 Å². The second-order valence-electron chi connectivity index (χ2n) is 7.99. The average Bonchev–Trinajstić information content (AvgIpc) is 3.05. The van der Waals surface area contributed by atoms with Crippen LogP contribution in [0.15, 0.2) is 23.8 Å². The van der Waals surface area contributed by atoms with Gasteiger partial charge in [0, 0.05) is 6.42 Å². The summed E-state index contributed by atoms with van der Waals surface area (Å²) < 4.78 is 5.97. The lowest BCUT2D eigenvalue weighted by atomic mass is 9.82. The van der Waals surface area contributed by atoms with E-state index in [9.17, 15) is 4.79 Å². The van der Waals surface area contributed by atoms with Gasteiger partial charge in [0.1, 0.15) is 5.78 Å². The maximum absolute atomic E-state index is 12.7.